The van der Waals surface area contributed by atoms with Crippen LogP contribution in [0.4, 0.5) is 11.5 Å². The molecule has 0 spiro atoms. The third-order valence-corrected chi connectivity index (χ3v) is 5.22. The summed E-state index contributed by atoms with van der Waals surface area (Å²) in [6.45, 7) is 2.87. The van der Waals surface area contributed by atoms with Crippen LogP contribution in [0.2, 0.25) is 5.02 Å². The maximum absolute atomic E-state index is 11.4. The maximum Gasteiger partial charge on any atom is 0.219 e. The summed E-state index contributed by atoms with van der Waals surface area (Å²) in [6.07, 6.45) is 3.64. The molecule has 2 aromatic heterocycles. The van der Waals surface area contributed by atoms with Gasteiger partial charge in [0.15, 0.2) is 0 Å². The number of carbonyl (C=O) groups excluding carboxylic acids is 1. The second kappa shape index (κ2) is 11.3. The number of hydrogen-bond acceptors (Lipinski definition) is 7. The Morgan fingerprint density at radius 1 is 1.00 bits per heavy atom. The van der Waals surface area contributed by atoms with Gasteiger partial charge in [-0.3, -0.25) is 9.78 Å². The summed E-state index contributed by atoms with van der Waals surface area (Å²) in [5, 5.41) is 7.29. The van der Waals surface area contributed by atoms with Crippen LogP contribution in [0.3, 0.4) is 0 Å². The molecule has 4 rings (SSSR count). The van der Waals surface area contributed by atoms with E-state index in [4.69, 9.17) is 21.1 Å². The number of nitrogens with zero attached hydrogens (tertiary/aromatic N) is 3. The Balaban J connectivity index is 1.49. The van der Waals surface area contributed by atoms with Crippen molar-refractivity contribution in [3.63, 3.8) is 0 Å². The largest absolute Gasteiger partial charge is 0.491 e. The molecule has 0 aliphatic carbocycles. The third kappa shape index (κ3) is 5.90. The number of amides is 1. The highest BCUT2D eigenvalue weighted by Crippen LogP contribution is 2.34. The molecule has 0 fully saturated rings. The van der Waals surface area contributed by atoms with Crippen LogP contribution in [-0.4, -0.2) is 34.0 Å². The number of pyridine rings is 1. The van der Waals surface area contributed by atoms with Gasteiger partial charge < -0.3 is 20.1 Å². The molecule has 34 heavy (non-hydrogen) atoms. The van der Waals surface area contributed by atoms with Crippen LogP contribution in [-0.2, 0) is 11.4 Å². The van der Waals surface area contributed by atoms with Gasteiger partial charge in [-0.1, -0.05) is 30.7 Å². The van der Waals surface area contributed by atoms with Crippen molar-refractivity contribution in [2.45, 2.75) is 20.0 Å². The fourth-order valence-electron chi connectivity index (χ4n) is 3.24. The van der Waals surface area contributed by atoms with Gasteiger partial charge in [0, 0.05) is 18.3 Å². The van der Waals surface area contributed by atoms with E-state index in [1.165, 1.54) is 6.33 Å². The first-order chi connectivity index (χ1) is 16.6. The van der Waals surface area contributed by atoms with Crippen LogP contribution >= 0.6 is 11.6 Å². The molecule has 0 saturated carbocycles. The van der Waals surface area contributed by atoms with Gasteiger partial charge in [0.2, 0.25) is 5.91 Å². The Kier molecular flexibility index (Phi) is 7.72. The molecule has 0 aliphatic rings. The molecule has 0 aliphatic heterocycles. The van der Waals surface area contributed by atoms with Gasteiger partial charge in [-0.05, 0) is 42.5 Å². The molecule has 0 saturated heterocycles. The number of benzene rings is 2. The van der Waals surface area contributed by atoms with Crippen molar-refractivity contribution in [3.05, 3.63) is 77.8 Å². The maximum atomic E-state index is 11.4. The number of nitrogens with one attached hydrogen (secondary N) is 2. The molecular weight excluding hydrogens is 454 g/mol. The van der Waals surface area contributed by atoms with Crippen molar-refractivity contribution < 1.29 is 14.3 Å². The molecule has 9 heteroatoms. The zero-order valence-corrected chi connectivity index (χ0v) is 19.4. The van der Waals surface area contributed by atoms with Crippen molar-refractivity contribution in [3.8, 4) is 11.5 Å². The quantitative estimate of drug-likeness (QED) is 0.313. The average Bonchev–Trinajstić information content (AvgIpc) is 2.86. The predicted molar refractivity (Wildman–Crippen MR) is 132 cm³/mol. The summed E-state index contributed by atoms with van der Waals surface area (Å²) >= 11 is 6.46. The lowest BCUT2D eigenvalue weighted by Crippen LogP contribution is -2.27. The Labute approximate surface area is 202 Å². The summed E-state index contributed by atoms with van der Waals surface area (Å²) in [4.78, 5) is 24.4. The number of anilines is 2. The SMILES string of the molecule is CCC(=O)NCCOc1cccc2ncnc(Nc3ccc(OCc4ccccn4)c(Cl)c3)c12. The van der Waals surface area contributed by atoms with Crippen LogP contribution in [0, 0.1) is 0 Å². The van der Waals surface area contributed by atoms with Crippen LogP contribution in [0.15, 0.2) is 67.1 Å². The highest BCUT2D eigenvalue weighted by Gasteiger charge is 2.12. The van der Waals surface area contributed by atoms with E-state index in [2.05, 4.69) is 25.6 Å². The van der Waals surface area contributed by atoms with Crippen molar-refractivity contribution in [1.29, 1.82) is 0 Å². The van der Waals surface area contributed by atoms with E-state index in [1.54, 1.807) is 18.3 Å². The second-order valence-electron chi connectivity index (χ2n) is 7.30. The predicted octanol–water partition coefficient (Wildman–Crippen LogP) is 4.91. The second-order valence-corrected chi connectivity index (χ2v) is 7.71. The van der Waals surface area contributed by atoms with Gasteiger partial charge in [0.1, 0.15) is 36.9 Å². The van der Waals surface area contributed by atoms with Crippen LogP contribution < -0.4 is 20.1 Å². The molecule has 2 heterocycles. The first-order valence-electron chi connectivity index (χ1n) is 10.9. The Morgan fingerprint density at radius 2 is 1.91 bits per heavy atom. The molecule has 2 N–H and O–H groups in total. The number of halogens is 1. The van der Waals surface area contributed by atoms with Gasteiger partial charge in [-0.25, -0.2) is 9.97 Å². The molecule has 0 unspecified atom stereocenters. The van der Waals surface area contributed by atoms with Gasteiger partial charge >= 0.3 is 0 Å². The van der Waals surface area contributed by atoms with Crippen LogP contribution in [0.25, 0.3) is 10.9 Å². The molecule has 174 valence electrons. The Hall–Kier alpha value is -3.91. The Morgan fingerprint density at radius 3 is 2.71 bits per heavy atom. The number of fused-ring (bicyclic) bond motifs is 1. The Bertz CT molecular complexity index is 1260. The molecule has 0 atom stereocenters. The lowest BCUT2D eigenvalue weighted by Gasteiger charge is -2.14. The minimum absolute atomic E-state index is 0.0171. The van der Waals surface area contributed by atoms with E-state index in [-0.39, 0.29) is 5.91 Å². The molecule has 0 bridgehead atoms. The number of ether oxygens (including phenoxy) is 2. The minimum atomic E-state index is -0.0171. The highest BCUT2D eigenvalue weighted by molar-refractivity contribution is 6.32. The molecule has 4 aromatic rings. The third-order valence-electron chi connectivity index (χ3n) is 4.92. The van der Waals surface area contributed by atoms with Crippen LogP contribution in [0.1, 0.15) is 19.0 Å². The van der Waals surface area contributed by atoms with E-state index in [0.717, 1.165) is 22.3 Å². The van der Waals surface area contributed by atoms with Crippen molar-refractivity contribution in [2.75, 3.05) is 18.5 Å². The van der Waals surface area contributed by atoms with Crippen molar-refractivity contribution in [2.24, 2.45) is 0 Å². The standard InChI is InChI=1S/C25H24ClN5O3/c1-2-23(32)28-12-13-33-22-8-5-7-20-24(22)25(30-16-29-20)31-17-9-10-21(19(26)14-17)34-15-18-6-3-4-11-27-18/h3-11,14,16H,2,12-13,15H2,1H3,(H,28,32)(H,29,30,31). The first kappa shape index (κ1) is 23.3. The normalized spacial score (nSPS) is 10.6. The fraction of sp³-hybridized carbons (Fsp3) is 0.200. The summed E-state index contributed by atoms with van der Waals surface area (Å²) < 4.78 is 11.7. The van der Waals surface area contributed by atoms with Crippen molar-refractivity contribution in [1.82, 2.24) is 20.3 Å². The monoisotopic (exact) mass is 477 g/mol. The van der Waals surface area contributed by atoms with E-state index < -0.39 is 0 Å². The van der Waals surface area contributed by atoms with Gasteiger partial charge in [0.05, 0.1) is 28.2 Å². The summed E-state index contributed by atoms with van der Waals surface area (Å²) in [5.74, 6) is 1.74. The van der Waals surface area contributed by atoms with Gasteiger partial charge in [-0.2, -0.15) is 0 Å². The topological polar surface area (TPSA) is 98.3 Å². The molecule has 1 amide bonds. The molecule has 0 radical (unpaired) electrons. The molecular formula is C25H24ClN5O3. The lowest BCUT2D eigenvalue weighted by atomic mass is 10.2. The first-order valence-corrected chi connectivity index (χ1v) is 11.2. The van der Waals surface area contributed by atoms with Crippen LogP contribution in [0.5, 0.6) is 11.5 Å². The number of rotatable bonds is 10. The minimum Gasteiger partial charge on any atom is -0.491 e. The van der Waals surface area contributed by atoms with E-state index >= 15 is 0 Å². The lowest BCUT2D eigenvalue weighted by molar-refractivity contribution is -0.120. The van der Waals surface area contributed by atoms with Crippen molar-refractivity contribution >= 4 is 39.9 Å². The van der Waals surface area contributed by atoms with E-state index in [1.807, 2.05) is 49.4 Å². The highest BCUT2D eigenvalue weighted by atomic mass is 35.5. The summed E-state index contributed by atoms with van der Waals surface area (Å²) in [6, 6.07) is 16.7. The summed E-state index contributed by atoms with van der Waals surface area (Å²) in [7, 11) is 0. The smallest absolute Gasteiger partial charge is 0.219 e. The van der Waals surface area contributed by atoms with Gasteiger partial charge in [0.25, 0.3) is 0 Å². The number of hydrogen-bond donors (Lipinski definition) is 2. The van der Waals surface area contributed by atoms with Gasteiger partial charge in [-0.15, -0.1) is 0 Å². The molecule has 2 aromatic carbocycles. The number of aromatic nitrogens is 3. The number of carbonyl (C=O) groups is 1. The van der Waals surface area contributed by atoms with E-state index in [9.17, 15) is 4.79 Å². The zero-order chi connectivity index (χ0) is 23.8. The molecule has 8 nitrogen and oxygen atoms in total. The fourth-order valence-corrected chi connectivity index (χ4v) is 3.47. The summed E-state index contributed by atoms with van der Waals surface area (Å²) in [5.41, 5.74) is 2.28. The average molecular weight is 478 g/mol. The van der Waals surface area contributed by atoms with E-state index in [0.29, 0.717) is 48.5 Å². The zero-order valence-electron chi connectivity index (χ0n) is 18.6.